The number of nitrogens with zero attached hydrogens (tertiary/aromatic N) is 1. The fourth-order valence-corrected chi connectivity index (χ4v) is 3.04. The number of nitro groups is 1. The van der Waals surface area contributed by atoms with Crippen molar-refractivity contribution in [2.24, 2.45) is 0 Å². The van der Waals surface area contributed by atoms with Gasteiger partial charge in [-0.25, -0.2) is 8.93 Å². The molecule has 122 valence electrons. The maximum atomic E-state index is 12.4. The van der Waals surface area contributed by atoms with Crippen LogP contribution in [0.1, 0.15) is 17.2 Å². The van der Waals surface area contributed by atoms with Crippen molar-refractivity contribution in [1.82, 2.24) is 4.72 Å². The van der Waals surface area contributed by atoms with Gasteiger partial charge in [0.2, 0.25) is 6.54 Å². The molecule has 0 bridgehead atoms. The Kier molecular flexibility index (Phi) is 5.84. The fraction of sp³-hybridized carbons (Fsp3) is 0.250. The molecule has 0 radical (unpaired) electrons. The summed E-state index contributed by atoms with van der Waals surface area (Å²) < 4.78 is 20.3. The zero-order valence-corrected chi connectivity index (χ0v) is 13.7. The number of aryl methyl sites for hydroxylation is 1. The van der Waals surface area contributed by atoms with Crippen molar-refractivity contribution in [1.29, 1.82) is 0 Å². The molecule has 1 N–H and O–H groups in total. The Morgan fingerprint density at radius 3 is 2.30 bits per heavy atom. The average molecular weight is 334 g/mol. The molecule has 6 nitrogen and oxygen atoms in total. The predicted octanol–water partition coefficient (Wildman–Crippen LogP) is 2.63. The summed E-state index contributed by atoms with van der Waals surface area (Å²) in [5.41, 5.74) is 1.74. The molecule has 7 heteroatoms. The number of hydrogen-bond donors (Lipinski definition) is 1. The average Bonchev–Trinajstić information content (AvgIpc) is 2.54. The van der Waals surface area contributed by atoms with Gasteiger partial charge in [-0.15, -0.1) is 0 Å². The highest BCUT2D eigenvalue weighted by molar-refractivity contribution is 7.83. The third kappa shape index (κ3) is 4.87. The first kappa shape index (κ1) is 17.1. The van der Waals surface area contributed by atoms with Crippen LogP contribution >= 0.6 is 0 Å². The summed E-state index contributed by atoms with van der Waals surface area (Å²) in [4.78, 5) is 11.1. The largest absolute Gasteiger partial charge is 0.497 e. The van der Waals surface area contributed by atoms with Crippen molar-refractivity contribution in [3.05, 3.63) is 69.8 Å². The third-order valence-corrected chi connectivity index (χ3v) is 4.53. The standard InChI is InChI=1S/C16H18N2O4S/c1-12-3-9-15(10-4-12)23(21)17-16(11-18(19)20)13-5-7-14(22-2)8-6-13/h3-10,16-17H,11H2,1-2H3/t16-,23?/m1/s1. The van der Waals surface area contributed by atoms with E-state index in [2.05, 4.69) is 4.72 Å². The van der Waals surface area contributed by atoms with E-state index in [4.69, 9.17) is 4.74 Å². The van der Waals surface area contributed by atoms with Crippen LogP contribution in [0.2, 0.25) is 0 Å². The summed E-state index contributed by atoms with van der Waals surface area (Å²) in [5.74, 6) is 0.660. The van der Waals surface area contributed by atoms with Gasteiger partial charge in [0.15, 0.2) is 0 Å². The zero-order chi connectivity index (χ0) is 16.8. The Morgan fingerprint density at radius 2 is 1.78 bits per heavy atom. The van der Waals surface area contributed by atoms with Gasteiger partial charge in [-0.3, -0.25) is 10.1 Å². The fourth-order valence-electron chi connectivity index (χ4n) is 2.06. The Bertz CT molecular complexity index is 686. The summed E-state index contributed by atoms with van der Waals surface area (Å²) in [7, 11) is 0.0183. The Labute approximate surface area is 137 Å². The monoisotopic (exact) mass is 334 g/mol. The van der Waals surface area contributed by atoms with E-state index in [9.17, 15) is 14.3 Å². The highest BCUT2D eigenvalue weighted by Crippen LogP contribution is 2.19. The molecule has 0 aromatic heterocycles. The molecule has 0 aliphatic carbocycles. The molecule has 0 fully saturated rings. The summed E-state index contributed by atoms with van der Waals surface area (Å²) in [6.07, 6.45) is 0. The van der Waals surface area contributed by atoms with Crippen LogP contribution in [0.5, 0.6) is 5.75 Å². The van der Waals surface area contributed by atoms with Crippen LogP contribution in [-0.4, -0.2) is 22.8 Å². The van der Waals surface area contributed by atoms with Crippen molar-refractivity contribution in [3.8, 4) is 5.75 Å². The highest BCUT2D eigenvalue weighted by Gasteiger charge is 2.20. The molecule has 2 rings (SSSR count). The highest BCUT2D eigenvalue weighted by atomic mass is 32.2. The lowest BCUT2D eigenvalue weighted by Crippen LogP contribution is -2.29. The molecule has 2 aromatic rings. The molecule has 2 atom stereocenters. The van der Waals surface area contributed by atoms with Crippen LogP contribution in [0.15, 0.2) is 53.4 Å². The van der Waals surface area contributed by atoms with Crippen molar-refractivity contribution in [3.63, 3.8) is 0 Å². The van der Waals surface area contributed by atoms with Crippen LogP contribution in [0.4, 0.5) is 0 Å². The first-order valence-electron chi connectivity index (χ1n) is 7.00. The van der Waals surface area contributed by atoms with Crippen LogP contribution in [0.25, 0.3) is 0 Å². The van der Waals surface area contributed by atoms with Gasteiger partial charge in [0.25, 0.3) is 0 Å². The maximum absolute atomic E-state index is 12.4. The minimum atomic E-state index is -1.53. The Balaban J connectivity index is 2.18. The van der Waals surface area contributed by atoms with E-state index in [1.54, 1.807) is 43.5 Å². The van der Waals surface area contributed by atoms with Crippen LogP contribution in [0, 0.1) is 17.0 Å². The van der Waals surface area contributed by atoms with Crippen molar-refractivity contribution >= 4 is 11.0 Å². The molecule has 23 heavy (non-hydrogen) atoms. The SMILES string of the molecule is COc1ccc([C@@H](C[N+](=O)[O-])NS(=O)c2ccc(C)cc2)cc1. The maximum Gasteiger partial charge on any atom is 0.224 e. The number of rotatable bonds is 7. The molecule has 1 unspecified atom stereocenters. The molecule has 0 aliphatic rings. The van der Waals surface area contributed by atoms with Gasteiger partial charge in [-0.1, -0.05) is 29.8 Å². The predicted molar refractivity (Wildman–Crippen MR) is 88.3 cm³/mol. The van der Waals surface area contributed by atoms with E-state index in [1.807, 2.05) is 19.1 Å². The molecule has 0 amide bonds. The Hall–Kier alpha value is -2.25. The topological polar surface area (TPSA) is 81.5 Å². The van der Waals surface area contributed by atoms with Gasteiger partial charge in [-0.05, 0) is 36.8 Å². The minimum Gasteiger partial charge on any atom is -0.497 e. The van der Waals surface area contributed by atoms with E-state index in [0.717, 1.165) is 5.56 Å². The number of benzene rings is 2. The molecule has 0 spiro atoms. The quantitative estimate of drug-likeness (QED) is 0.623. The van der Waals surface area contributed by atoms with Gasteiger partial charge >= 0.3 is 0 Å². The second kappa shape index (κ2) is 7.85. The molecule has 0 heterocycles. The first-order chi connectivity index (χ1) is 11.0. The van der Waals surface area contributed by atoms with Crippen molar-refractivity contribution in [2.75, 3.05) is 13.7 Å². The summed E-state index contributed by atoms with van der Waals surface area (Å²) in [6.45, 7) is 1.58. The lowest BCUT2D eigenvalue weighted by atomic mass is 10.1. The Morgan fingerprint density at radius 1 is 1.17 bits per heavy atom. The van der Waals surface area contributed by atoms with Crippen molar-refractivity contribution in [2.45, 2.75) is 17.9 Å². The van der Waals surface area contributed by atoms with Gasteiger partial charge in [-0.2, -0.15) is 0 Å². The minimum absolute atomic E-state index is 0.357. The molecular formula is C16H18N2O4S. The van der Waals surface area contributed by atoms with E-state index < -0.39 is 22.0 Å². The van der Waals surface area contributed by atoms with Crippen LogP contribution < -0.4 is 9.46 Å². The van der Waals surface area contributed by atoms with E-state index in [1.165, 1.54) is 0 Å². The lowest BCUT2D eigenvalue weighted by Gasteiger charge is -2.15. The molecule has 0 saturated carbocycles. The van der Waals surface area contributed by atoms with Gasteiger partial charge < -0.3 is 4.74 Å². The lowest BCUT2D eigenvalue weighted by molar-refractivity contribution is -0.483. The molecular weight excluding hydrogens is 316 g/mol. The van der Waals surface area contributed by atoms with Gasteiger partial charge in [0.1, 0.15) is 22.8 Å². The van der Waals surface area contributed by atoms with Crippen LogP contribution in [0.3, 0.4) is 0 Å². The number of methoxy groups -OCH3 is 1. The van der Waals surface area contributed by atoms with Crippen molar-refractivity contribution < 1.29 is 13.9 Å². The van der Waals surface area contributed by atoms with E-state index in [0.29, 0.717) is 16.2 Å². The van der Waals surface area contributed by atoms with E-state index >= 15 is 0 Å². The normalized spacial score (nSPS) is 13.3. The van der Waals surface area contributed by atoms with Gasteiger partial charge in [0.05, 0.1) is 12.0 Å². The number of nitrogens with one attached hydrogen (secondary N) is 1. The summed E-state index contributed by atoms with van der Waals surface area (Å²) in [5, 5.41) is 10.9. The van der Waals surface area contributed by atoms with Gasteiger partial charge in [0, 0.05) is 4.92 Å². The number of ether oxygens (including phenoxy) is 1. The molecule has 0 saturated heterocycles. The number of hydrogen-bond acceptors (Lipinski definition) is 4. The third-order valence-electron chi connectivity index (χ3n) is 3.33. The molecule has 0 aliphatic heterocycles. The first-order valence-corrected chi connectivity index (χ1v) is 8.15. The second-order valence-corrected chi connectivity index (χ2v) is 6.29. The smallest absolute Gasteiger partial charge is 0.224 e. The molecule has 2 aromatic carbocycles. The second-order valence-electron chi connectivity index (χ2n) is 5.04. The summed E-state index contributed by atoms with van der Waals surface area (Å²) in [6, 6.07) is 13.4. The summed E-state index contributed by atoms with van der Waals surface area (Å²) >= 11 is 0. The zero-order valence-electron chi connectivity index (χ0n) is 12.9. The van der Waals surface area contributed by atoms with E-state index in [-0.39, 0.29) is 6.54 Å². The van der Waals surface area contributed by atoms with Crippen LogP contribution in [-0.2, 0) is 11.0 Å².